The normalized spacial score (nSPS) is 26.3. The summed E-state index contributed by atoms with van der Waals surface area (Å²) < 4.78 is 26.7. The molecule has 2 N–H and O–H groups in total. The minimum atomic E-state index is -1.34. The standard InChI is InChI=1S/C19H24O10/c1-9-15(26-10(2)21)17(27-11(3)22)19(29-16(9)18(24)25-4)28-13-6-5-12(8-20)14(23)7-13/h5-7,9,15-17,19-20,23H,8H2,1-4H3/t9-,15+,16+,17+,19-/m1/s1. The quantitative estimate of drug-likeness (QED) is 0.506. The molecule has 1 heterocycles. The number of phenols is 1. The van der Waals surface area contributed by atoms with Crippen LogP contribution in [0.15, 0.2) is 18.2 Å². The Morgan fingerprint density at radius 2 is 1.72 bits per heavy atom. The highest BCUT2D eigenvalue weighted by Crippen LogP contribution is 2.33. The number of carbonyl (C=O) groups is 3. The van der Waals surface area contributed by atoms with Crippen molar-refractivity contribution in [2.75, 3.05) is 7.11 Å². The van der Waals surface area contributed by atoms with Gasteiger partial charge < -0.3 is 33.9 Å². The van der Waals surface area contributed by atoms with Gasteiger partial charge in [0.1, 0.15) is 11.5 Å². The van der Waals surface area contributed by atoms with E-state index in [4.69, 9.17) is 28.8 Å². The minimum Gasteiger partial charge on any atom is -0.507 e. The van der Waals surface area contributed by atoms with Gasteiger partial charge in [0.15, 0.2) is 12.2 Å². The minimum absolute atomic E-state index is 0.113. The molecule has 0 unspecified atom stereocenters. The van der Waals surface area contributed by atoms with E-state index in [1.807, 2.05) is 0 Å². The fourth-order valence-corrected chi connectivity index (χ4v) is 3.02. The van der Waals surface area contributed by atoms with Crippen molar-refractivity contribution in [3.05, 3.63) is 23.8 Å². The van der Waals surface area contributed by atoms with Gasteiger partial charge in [-0.25, -0.2) is 4.79 Å². The van der Waals surface area contributed by atoms with Crippen molar-refractivity contribution in [3.63, 3.8) is 0 Å². The van der Waals surface area contributed by atoms with E-state index in [1.165, 1.54) is 39.2 Å². The Morgan fingerprint density at radius 1 is 1.10 bits per heavy atom. The van der Waals surface area contributed by atoms with Crippen molar-refractivity contribution in [1.29, 1.82) is 0 Å². The molecule has 160 valence electrons. The lowest BCUT2D eigenvalue weighted by molar-refractivity contribution is -0.266. The summed E-state index contributed by atoms with van der Waals surface area (Å²) in [6, 6.07) is 4.11. The Bertz CT molecular complexity index is 761. The Morgan fingerprint density at radius 3 is 2.24 bits per heavy atom. The zero-order chi connectivity index (χ0) is 21.7. The molecule has 29 heavy (non-hydrogen) atoms. The molecule has 1 fully saturated rings. The maximum atomic E-state index is 12.2. The number of hydrogen-bond acceptors (Lipinski definition) is 10. The molecule has 10 heteroatoms. The third kappa shape index (κ3) is 5.36. The van der Waals surface area contributed by atoms with E-state index in [1.54, 1.807) is 6.92 Å². The predicted octanol–water partition coefficient (Wildman–Crippen LogP) is 0.661. The molecule has 1 aliphatic rings. The van der Waals surface area contributed by atoms with Crippen molar-refractivity contribution in [1.82, 2.24) is 0 Å². The number of carbonyl (C=O) groups excluding carboxylic acids is 3. The molecule has 1 saturated heterocycles. The number of esters is 3. The highest BCUT2D eigenvalue weighted by atomic mass is 16.7. The van der Waals surface area contributed by atoms with Crippen molar-refractivity contribution >= 4 is 17.9 Å². The van der Waals surface area contributed by atoms with E-state index >= 15 is 0 Å². The number of methoxy groups -OCH3 is 1. The van der Waals surface area contributed by atoms with Gasteiger partial charge >= 0.3 is 17.9 Å². The third-order valence-electron chi connectivity index (χ3n) is 4.39. The van der Waals surface area contributed by atoms with E-state index < -0.39 is 48.4 Å². The molecular formula is C19H24O10. The number of aliphatic hydroxyl groups excluding tert-OH is 1. The van der Waals surface area contributed by atoms with Crippen molar-refractivity contribution in [2.24, 2.45) is 5.92 Å². The van der Waals surface area contributed by atoms with E-state index in [0.29, 0.717) is 0 Å². The summed E-state index contributed by atoms with van der Waals surface area (Å²) in [5, 5.41) is 19.1. The summed E-state index contributed by atoms with van der Waals surface area (Å²) >= 11 is 0. The molecule has 1 aromatic carbocycles. The average Bonchev–Trinajstić information content (AvgIpc) is 2.65. The molecule has 0 bridgehead atoms. The summed E-state index contributed by atoms with van der Waals surface area (Å²) in [6.07, 6.45) is -4.74. The van der Waals surface area contributed by atoms with Gasteiger partial charge in [-0.05, 0) is 12.1 Å². The smallest absolute Gasteiger partial charge is 0.335 e. The Hall–Kier alpha value is -2.85. The van der Waals surface area contributed by atoms with Crippen LogP contribution in [0.5, 0.6) is 11.5 Å². The lowest BCUT2D eigenvalue weighted by Gasteiger charge is -2.42. The summed E-state index contributed by atoms with van der Waals surface area (Å²) in [4.78, 5) is 35.4. The van der Waals surface area contributed by atoms with Crippen LogP contribution in [-0.4, -0.2) is 59.8 Å². The van der Waals surface area contributed by atoms with Crippen LogP contribution >= 0.6 is 0 Å². The first-order valence-electron chi connectivity index (χ1n) is 8.85. The van der Waals surface area contributed by atoms with Crippen molar-refractivity contribution < 1.29 is 48.3 Å². The summed E-state index contributed by atoms with van der Waals surface area (Å²) in [5.41, 5.74) is 0.275. The van der Waals surface area contributed by atoms with Crippen LogP contribution < -0.4 is 4.74 Å². The van der Waals surface area contributed by atoms with Gasteiger partial charge in [-0.1, -0.05) is 6.92 Å². The van der Waals surface area contributed by atoms with Crippen LogP contribution in [0, 0.1) is 5.92 Å². The molecule has 0 aliphatic carbocycles. The monoisotopic (exact) mass is 412 g/mol. The fourth-order valence-electron chi connectivity index (χ4n) is 3.02. The van der Waals surface area contributed by atoms with Crippen LogP contribution in [0.25, 0.3) is 0 Å². The van der Waals surface area contributed by atoms with Crippen LogP contribution in [-0.2, 0) is 39.9 Å². The van der Waals surface area contributed by atoms with Crippen molar-refractivity contribution in [3.8, 4) is 11.5 Å². The van der Waals surface area contributed by atoms with Gasteiger partial charge in [0.25, 0.3) is 0 Å². The summed E-state index contributed by atoms with van der Waals surface area (Å²) in [6.45, 7) is 3.56. The maximum Gasteiger partial charge on any atom is 0.335 e. The SMILES string of the molecule is COC(=O)[C@H]1O[C@@H](Oc2ccc(CO)c(O)c2)[C@@H](OC(C)=O)[C@@H](OC(C)=O)[C@H]1C. The molecule has 0 aromatic heterocycles. The molecule has 0 spiro atoms. The molecular weight excluding hydrogens is 388 g/mol. The number of hydrogen-bond donors (Lipinski definition) is 2. The Kier molecular flexibility index (Phi) is 7.40. The second-order valence-corrected chi connectivity index (χ2v) is 6.52. The zero-order valence-electron chi connectivity index (χ0n) is 16.5. The maximum absolute atomic E-state index is 12.2. The van der Waals surface area contributed by atoms with Gasteiger partial charge in [0.05, 0.1) is 13.7 Å². The number of aromatic hydroxyl groups is 1. The molecule has 5 atom stereocenters. The second-order valence-electron chi connectivity index (χ2n) is 6.52. The molecule has 1 aliphatic heterocycles. The topological polar surface area (TPSA) is 138 Å². The predicted molar refractivity (Wildman–Crippen MR) is 95.6 cm³/mol. The first kappa shape index (κ1) is 22.4. The number of benzene rings is 1. The molecule has 0 saturated carbocycles. The van der Waals surface area contributed by atoms with Gasteiger partial charge in [-0.2, -0.15) is 0 Å². The first-order chi connectivity index (χ1) is 13.7. The van der Waals surface area contributed by atoms with Gasteiger partial charge in [-0.15, -0.1) is 0 Å². The van der Waals surface area contributed by atoms with Gasteiger partial charge in [-0.3, -0.25) is 9.59 Å². The van der Waals surface area contributed by atoms with Crippen molar-refractivity contribution in [2.45, 2.75) is 52.0 Å². The summed E-state index contributed by atoms with van der Waals surface area (Å²) in [7, 11) is 1.18. The number of ether oxygens (including phenoxy) is 5. The highest BCUT2D eigenvalue weighted by Gasteiger charge is 2.52. The number of aliphatic hydroxyl groups is 1. The number of rotatable bonds is 6. The molecule has 2 rings (SSSR count). The van der Waals surface area contributed by atoms with Gasteiger partial charge in [0.2, 0.25) is 12.4 Å². The van der Waals surface area contributed by atoms with E-state index in [0.717, 1.165) is 0 Å². The zero-order valence-corrected chi connectivity index (χ0v) is 16.5. The van der Waals surface area contributed by atoms with E-state index in [2.05, 4.69) is 0 Å². The van der Waals surface area contributed by atoms with Crippen LogP contribution in [0.3, 0.4) is 0 Å². The largest absolute Gasteiger partial charge is 0.507 e. The molecule has 10 nitrogen and oxygen atoms in total. The first-order valence-corrected chi connectivity index (χ1v) is 8.85. The van der Waals surface area contributed by atoms with Crippen LogP contribution in [0.4, 0.5) is 0 Å². The third-order valence-corrected chi connectivity index (χ3v) is 4.39. The molecule has 0 radical (unpaired) electrons. The Labute approximate surface area is 167 Å². The van der Waals surface area contributed by atoms with E-state index in [9.17, 15) is 19.5 Å². The summed E-state index contributed by atoms with van der Waals surface area (Å²) in [5.74, 6) is -2.86. The lowest BCUT2D eigenvalue weighted by Crippen LogP contribution is -2.60. The average molecular weight is 412 g/mol. The molecule has 0 amide bonds. The second kappa shape index (κ2) is 9.57. The Balaban J connectivity index is 2.39. The van der Waals surface area contributed by atoms with Crippen LogP contribution in [0.1, 0.15) is 26.3 Å². The van der Waals surface area contributed by atoms with E-state index in [-0.39, 0.29) is 23.7 Å². The molecule has 1 aromatic rings. The van der Waals surface area contributed by atoms with Gasteiger partial charge in [0, 0.05) is 31.4 Å². The van der Waals surface area contributed by atoms with Crippen LogP contribution in [0.2, 0.25) is 0 Å². The fraction of sp³-hybridized carbons (Fsp3) is 0.526. The lowest BCUT2D eigenvalue weighted by atomic mass is 9.90. The highest BCUT2D eigenvalue weighted by molar-refractivity contribution is 5.75.